The number of anilines is 1. The molecule has 3 aromatic rings. The van der Waals surface area contributed by atoms with Crippen molar-refractivity contribution in [3.8, 4) is 0 Å². The molecule has 0 saturated carbocycles. The lowest BCUT2D eigenvalue weighted by atomic mass is 10.1. The lowest BCUT2D eigenvalue weighted by Crippen LogP contribution is -2.29. The van der Waals surface area contributed by atoms with Crippen LogP contribution in [0.2, 0.25) is 5.02 Å². The first-order valence-electron chi connectivity index (χ1n) is 8.49. The molecule has 0 atom stereocenters. The van der Waals surface area contributed by atoms with Crippen LogP contribution in [0.25, 0.3) is 0 Å². The zero-order valence-corrected chi connectivity index (χ0v) is 15.7. The number of hydrogen-bond acceptors (Lipinski definition) is 4. The lowest BCUT2D eigenvalue weighted by Gasteiger charge is -2.25. The highest BCUT2D eigenvalue weighted by Crippen LogP contribution is 2.29. The molecular formula is C20H18ClN3OS. The number of halogens is 1. The molecule has 1 aliphatic heterocycles. The Morgan fingerprint density at radius 3 is 2.85 bits per heavy atom. The standard InChI is InChI=1S/C20H18ClN3OS/c21-16-8-4-7-15(11-16)19(25)23-20-22-17-9-10-24(13-18(17)26-20)12-14-5-2-1-3-6-14/h1-8,11H,9-10,12-13H2,(H,22,23,25). The van der Waals surface area contributed by atoms with E-state index in [0.717, 1.165) is 31.7 Å². The summed E-state index contributed by atoms with van der Waals surface area (Å²) < 4.78 is 0. The number of carbonyl (C=O) groups is 1. The van der Waals surface area contributed by atoms with Crippen molar-refractivity contribution in [3.05, 3.63) is 81.3 Å². The zero-order valence-electron chi connectivity index (χ0n) is 14.1. The van der Waals surface area contributed by atoms with Gasteiger partial charge in [-0.25, -0.2) is 4.98 Å². The quantitative estimate of drug-likeness (QED) is 0.715. The molecule has 0 bridgehead atoms. The Morgan fingerprint density at radius 1 is 1.19 bits per heavy atom. The summed E-state index contributed by atoms with van der Waals surface area (Å²) >= 11 is 7.52. The smallest absolute Gasteiger partial charge is 0.257 e. The monoisotopic (exact) mass is 383 g/mol. The van der Waals surface area contributed by atoms with Gasteiger partial charge in [0.25, 0.3) is 5.91 Å². The number of amides is 1. The van der Waals surface area contributed by atoms with Crippen LogP contribution in [0, 0.1) is 0 Å². The minimum absolute atomic E-state index is 0.181. The SMILES string of the molecule is O=C(Nc1nc2c(s1)CN(Cc1ccccc1)CC2)c1cccc(Cl)c1. The van der Waals surface area contributed by atoms with Gasteiger partial charge in [0, 0.05) is 41.5 Å². The van der Waals surface area contributed by atoms with Crippen molar-refractivity contribution >= 4 is 34.0 Å². The van der Waals surface area contributed by atoms with E-state index in [1.165, 1.54) is 10.4 Å². The van der Waals surface area contributed by atoms with E-state index in [1.807, 2.05) is 6.07 Å². The van der Waals surface area contributed by atoms with Crippen molar-refractivity contribution in [1.29, 1.82) is 0 Å². The number of rotatable bonds is 4. The van der Waals surface area contributed by atoms with Crippen LogP contribution in [0.15, 0.2) is 54.6 Å². The fourth-order valence-corrected chi connectivity index (χ4v) is 4.31. The van der Waals surface area contributed by atoms with E-state index in [9.17, 15) is 4.79 Å². The number of nitrogens with one attached hydrogen (secondary N) is 1. The van der Waals surface area contributed by atoms with Crippen molar-refractivity contribution in [2.45, 2.75) is 19.5 Å². The molecule has 0 unspecified atom stereocenters. The Balaban J connectivity index is 1.43. The third-order valence-electron chi connectivity index (χ3n) is 4.37. The lowest BCUT2D eigenvalue weighted by molar-refractivity contribution is 0.102. The van der Waals surface area contributed by atoms with Gasteiger partial charge in [-0.15, -0.1) is 11.3 Å². The van der Waals surface area contributed by atoms with Gasteiger partial charge in [-0.3, -0.25) is 15.0 Å². The summed E-state index contributed by atoms with van der Waals surface area (Å²) in [6, 6.07) is 17.4. The van der Waals surface area contributed by atoms with Crippen LogP contribution in [0.1, 0.15) is 26.5 Å². The van der Waals surface area contributed by atoms with Gasteiger partial charge in [0.2, 0.25) is 0 Å². The Morgan fingerprint density at radius 2 is 2.04 bits per heavy atom. The number of aromatic nitrogens is 1. The summed E-state index contributed by atoms with van der Waals surface area (Å²) in [5, 5.41) is 4.10. The summed E-state index contributed by atoms with van der Waals surface area (Å²) in [5.41, 5.74) is 2.95. The van der Waals surface area contributed by atoms with Crippen LogP contribution in [-0.2, 0) is 19.5 Å². The van der Waals surface area contributed by atoms with E-state index in [2.05, 4.69) is 39.5 Å². The molecule has 0 aliphatic carbocycles. The fourth-order valence-electron chi connectivity index (χ4n) is 3.08. The second-order valence-electron chi connectivity index (χ2n) is 6.30. The third kappa shape index (κ3) is 3.96. The minimum atomic E-state index is -0.181. The highest BCUT2D eigenvalue weighted by atomic mass is 35.5. The maximum atomic E-state index is 12.4. The first-order chi connectivity index (χ1) is 12.7. The maximum absolute atomic E-state index is 12.4. The van der Waals surface area contributed by atoms with Gasteiger partial charge in [-0.2, -0.15) is 0 Å². The van der Waals surface area contributed by atoms with Crippen LogP contribution in [0.3, 0.4) is 0 Å². The largest absolute Gasteiger partial charge is 0.298 e. The van der Waals surface area contributed by atoms with E-state index >= 15 is 0 Å². The predicted molar refractivity (Wildman–Crippen MR) is 106 cm³/mol. The van der Waals surface area contributed by atoms with Gasteiger partial charge in [-0.05, 0) is 23.8 Å². The summed E-state index contributed by atoms with van der Waals surface area (Å²) in [6.07, 6.45) is 0.908. The van der Waals surface area contributed by atoms with Crippen molar-refractivity contribution in [3.63, 3.8) is 0 Å². The highest BCUT2D eigenvalue weighted by Gasteiger charge is 2.21. The number of nitrogens with zero attached hydrogens (tertiary/aromatic N) is 2. The second-order valence-corrected chi connectivity index (χ2v) is 7.82. The summed E-state index contributed by atoms with van der Waals surface area (Å²) in [5.74, 6) is -0.181. The second kappa shape index (κ2) is 7.58. The molecular weight excluding hydrogens is 366 g/mol. The van der Waals surface area contributed by atoms with Gasteiger partial charge in [0.05, 0.1) is 5.69 Å². The van der Waals surface area contributed by atoms with Crippen LogP contribution in [0.5, 0.6) is 0 Å². The average Bonchev–Trinajstić information content (AvgIpc) is 3.04. The van der Waals surface area contributed by atoms with E-state index in [1.54, 1.807) is 35.6 Å². The van der Waals surface area contributed by atoms with Crippen LogP contribution < -0.4 is 5.32 Å². The van der Waals surface area contributed by atoms with Crippen LogP contribution in [0.4, 0.5) is 5.13 Å². The molecule has 0 spiro atoms. The number of thiazole rings is 1. The topological polar surface area (TPSA) is 45.2 Å². The Kier molecular flexibility index (Phi) is 5.02. The van der Waals surface area contributed by atoms with Crippen molar-refractivity contribution < 1.29 is 4.79 Å². The molecule has 2 heterocycles. The zero-order chi connectivity index (χ0) is 17.9. The van der Waals surface area contributed by atoms with E-state index < -0.39 is 0 Å². The first kappa shape index (κ1) is 17.2. The molecule has 132 valence electrons. The Hall–Kier alpha value is -2.21. The van der Waals surface area contributed by atoms with Gasteiger partial charge in [0.15, 0.2) is 5.13 Å². The fraction of sp³-hybridized carbons (Fsp3) is 0.200. The molecule has 0 radical (unpaired) electrons. The van der Waals surface area contributed by atoms with Gasteiger partial charge >= 0.3 is 0 Å². The number of carbonyl (C=O) groups excluding carboxylic acids is 1. The van der Waals surface area contributed by atoms with Crippen molar-refractivity contribution in [1.82, 2.24) is 9.88 Å². The van der Waals surface area contributed by atoms with Gasteiger partial charge < -0.3 is 0 Å². The van der Waals surface area contributed by atoms with E-state index in [0.29, 0.717) is 15.7 Å². The summed E-state index contributed by atoms with van der Waals surface area (Å²) in [7, 11) is 0. The van der Waals surface area contributed by atoms with Crippen LogP contribution >= 0.6 is 22.9 Å². The minimum Gasteiger partial charge on any atom is -0.298 e. The average molecular weight is 384 g/mol. The van der Waals surface area contributed by atoms with Gasteiger partial charge in [0.1, 0.15) is 0 Å². The number of benzene rings is 2. The predicted octanol–water partition coefficient (Wildman–Crippen LogP) is 4.61. The molecule has 26 heavy (non-hydrogen) atoms. The van der Waals surface area contributed by atoms with Crippen LogP contribution in [-0.4, -0.2) is 22.3 Å². The number of hydrogen-bond donors (Lipinski definition) is 1. The Labute approximate surface area is 161 Å². The molecule has 2 aromatic carbocycles. The molecule has 1 aliphatic rings. The molecule has 6 heteroatoms. The Bertz CT molecular complexity index is 926. The number of fused-ring (bicyclic) bond motifs is 1. The molecule has 4 rings (SSSR count). The van der Waals surface area contributed by atoms with Crippen molar-refractivity contribution in [2.24, 2.45) is 0 Å². The summed E-state index contributed by atoms with van der Waals surface area (Å²) in [4.78, 5) is 20.6. The van der Waals surface area contributed by atoms with Crippen molar-refractivity contribution in [2.75, 3.05) is 11.9 Å². The first-order valence-corrected chi connectivity index (χ1v) is 9.68. The molecule has 1 amide bonds. The molecule has 1 aromatic heterocycles. The normalized spacial score (nSPS) is 14.0. The van der Waals surface area contributed by atoms with E-state index in [4.69, 9.17) is 11.6 Å². The molecule has 1 N–H and O–H groups in total. The summed E-state index contributed by atoms with van der Waals surface area (Å²) in [6.45, 7) is 2.78. The highest BCUT2D eigenvalue weighted by molar-refractivity contribution is 7.15. The maximum Gasteiger partial charge on any atom is 0.257 e. The molecule has 0 saturated heterocycles. The molecule has 4 nitrogen and oxygen atoms in total. The third-order valence-corrected chi connectivity index (χ3v) is 5.60. The van der Waals surface area contributed by atoms with Gasteiger partial charge in [-0.1, -0.05) is 48.0 Å². The van der Waals surface area contributed by atoms with E-state index in [-0.39, 0.29) is 5.91 Å². The molecule has 0 fully saturated rings.